The summed E-state index contributed by atoms with van der Waals surface area (Å²) >= 11 is 11.9. The third-order valence-corrected chi connectivity index (χ3v) is 4.17. The predicted molar refractivity (Wildman–Crippen MR) is 82.7 cm³/mol. The van der Waals surface area contributed by atoms with Gasteiger partial charge in [0.15, 0.2) is 5.69 Å². The summed E-state index contributed by atoms with van der Waals surface area (Å²) < 4.78 is 1.73. The topological polar surface area (TPSA) is 62.7 Å². The molecular weight excluding hydrogens is 311 g/mol. The number of carbonyl (C=O) groups excluding carboxylic acids is 1. The van der Waals surface area contributed by atoms with E-state index in [4.69, 9.17) is 23.2 Å². The Morgan fingerprint density at radius 1 is 1.38 bits per heavy atom. The number of aromatic amines is 1. The molecule has 1 aromatic carbocycles. The molecule has 5 nitrogen and oxygen atoms in total. The second-order valence-electron chi connectivity index (χ2n) is 4.63. The van der Waals surface area contributed by atoms with Crippen LogP contribution in [0.2, 0.25) is 10.2 Å². The van der Waals surface area contributed by atoms with E-state index in [0.29, 0.717) is 22.4 Å². The van der Waals surface area contributed by atoms with E-state index in [9.17, 15) is 4.79 Å². The third kappa shape index (κ3) is 2.50. The number of aromatic nitrogens is 3. The number of hydrogen-bond acceptors (Lipinski definition) is 2. The van der Waals surface area contributed by atoms with Crippen LogP contribution < -0.4 is 5.32 Å². The number of para-hydroxylation sites is 1. The Kier molecular flexibility index (Phi) is 3.61. The Morgan fingerprint density at radius 3 is 2.86 bits per heavy atom. The van der Waals surface area contributed by atoms with Gasteiger partial charge in [0.1, 0.15) is 5.15 Å². The lowest BCUT2D eigenvalue weighted by atomic mass is 10.2. The average Bonchev–Trinajstić information content (AvgIpc) is 3.02. The van der Waals surface area contributed by atoms with Gasteiger partial charge in [0, 0.05) is 18.1 Å². The molecule has 3 aromatic rings. The zero-order chi connectivity index (χ0) is 15.0. The van der Waals surface area contributed by atoms with Crippen molar-refractivity contribution in [3.05, 3.63) is 51.9 Å². The molecule has 108 valence electrons. The first-order valence-electron chi connectivity index (χ1n) is 6.29. The average molecular weight is 323 g/mol. The fourth-order valence-electron chi connectivity index (χ4n) is 2.15. The van der Waals surface area contributed by atoms with Crippen molar-refractivity contribution in [1.82, 2.24) is 20.1 Å². The van der Waals surface area contributed by atoms with E-state index in [0.717, 1.165) is 16.6 Å². The van der Waals surface area contributed by atoms with Gasteiger partial charge >= 0.3 is 0 Å². The Morgan fingerprint density at radius 2 is 2.14 bits per heavy atom. The zero-order valence-electron chi connectivity index (χ0n) is 11.2. The van der Waals surface area contributed by atoms with Gasteiger partial charge in [-0.2, -0.15) is 5.10 Å². The monoisotopic (exact) mass is 322 g/mol. The van der Waals surface area contributed by atoms with Crippen LogP contribution in [0.3, 0.4) is 0 Å². The quantitative estimate of drug-likeness (QED) is 0.778. The van der Waals surface area contributed by atoms with E-state index >= 15 is 0 Å². The summed E-state index contributed by atoms with van der Waals surface area (Å²) in [6, 6.07) is 9.20. The molecule has 0 saturated carbocycles. The van der Waals surface area contributed by atoms with Crippen LogP contribution in [0.1, 0.15) is 16.2 Å². The van der Waals surface area contributed by atoms with Gasteiger partial charge in [-0.15, -0.1) is 0 Å². The number of benzene rings is 1. The molecule has 2 heterocycles. The molecule has 0 aliphatic heterocycles. The highest BCUT2D eigenvalue weighted by Gasteiger charge is 2.15. The van der Waals surface area contributed by atoms with E-state index in [2.05, 4.69) is 15.5 Å². The largest absolute Gasteiger partial charge is 0.345 e. The number of fused-ring (bicyclic) bond motifs is 1. The fraction of sp³-hybridized carbons (Fsp3) is 0.143. The highest BCUT2D eigenvalue weighted by molar-refractivity contribution is 6.41. The van der Waals surface area contributed by atoms with Gasteiger partial charge in [-0.25, -0.2) is 0 Å². The molecule has 0 radical (unpaired) electrons. The molecule has 0 unspecified atom stereocenters. The van der Waals surface area contributed by atoms with E-state index < -0.39 is 0 Å². The fourth-order valence-corrected chi connectivity index (χ4v) is 2.57. The van der Waals surface area contributed by atoms with Crippen molar-refractivity contribution in [2.75, 3.05) is 0 Å². The van der Waals surface area contributed by atoms with Gasteiger partial charge in [-0.3, -0.25) is 9.89 Å². The molecule has 0 atom stereocenters. The second-order valence-corrected chi connectivity index (χ2v) is 5.40. The van der Waals surface area contributed by atoms with E-state index in [-0.39, 0.29) is 5.91 Å². The molecule has 1 amide bonds. The van der Waals surface area contributed by atoms with Crippen LogP contribution in [0.15, 0.2) is 30.3 Å². The Bertz CT molecular complexity index is 822. The highest BCUT2D eigenvalue weighted by Crippen LogP contribution is 2.25. The minimum atomic E-state index is -0.249. The molecule has 2 N–H and O–H groups in total. The van der Waals surface area contributed by atoms with Crippen molar-refractivity contribution < 1.29 is 4.79 Å². The number of rotatable bonds is 3. The first kappa shape index (κ1) is 14.0. The Hall–Kier alpha value is -1.98. The SMILES string of the molecule is Cn1c(CNC(=O)c2n[nH]c3ccccc23)cc(Cl)c1Cl. The lowest BCUT2D eigenvalue weighted by Gasteiger charge is -2.05. The van der Waals surface area contributed by atoms with E-state index in [1.165, 1.54) is 0 Å². The number of hydrogen-bond donors (Lipinski definition) is 2. The summed E-state index contributed by atoms with van der Waals surface area (Å²) in [6.45, 7) is 0.322. The molecule has 0 saturated heterocycles. The smallest absolute Gasteiger partial charge is 0.272 e. The number of nitrogens with one attached hydrogen (secondary N) is 2. The summed E-state index contributed by atoms with van der Waals surface area (Å²) in [5.74, 6) is -0.249. The van der Waals surface area contributed by atoms with Crippen molar-refractivity contribution in [3.8, 4) is 0 Å². The maximum absolute atomic E-state index is 12.2. The minimum absolute atomic E-state index is 0.249. The van der Waals surface area contributed by atoms with Gasteiger partial charge in [0.2, 0.25) is 0 Å². The second kappa shape index (κ2) is 5.42. The summed E-state index contributed by atoms with van der Waals surface area (Å²) in [5.41, 5.74) is 2.02. The van der Waals surface area contributed by atoms with Crippen LogP contribution >= 0.6 is 23.2 Å². The maximum Gasteiger partial charge on any atom is 0.272 e. The first-order valence-corrected chi connectivity index (χ1v) is 7.04. The lowest BCUT2D eigenvalue weighted by molar-refractivity contribution is 0.0946. The number of halogens is 2. The Balaban J connectivity index is 1.79. The van der Waals surface area contributed by atoms with E-state index in [1.54, 1.807) is 17.7 Å². The summed E-state index contributed by atoms with van der Waals surface area (Å²) in [5, 5.41) is 11.4. The maximum atomic E-state index is 12.2. The van der Waals surface area contributed by atoms with Gasteiger partial charge < -0.3 is 9.88 Å². The normalized spacial score (nSPS) is 11.0. The van der Waals surface area contributed by atoms with Crippen molar-refractivity contribution in [2.45, 2.75) is 6.54 Å². The number of H-pyrrole nitrogens is 1. The predicted octanol–water partition coefficient (Wildman–Crippen LogP) is 3.14. The summed E-state index contributed by atoms with van der Waals surface area (Å²) in [4.78, 5) is 12.2. The van der Waals surface area contributed by atoms with Gasteiger partial charge in [0.05, 0.1) is 17.1 Å². The molecule has 2 aromatic heterocycles. The van der Waals surface area contributed by atoms with Crippen LogP contribution in [-0.2, 0) is 13.6 Å². The third-order valence-electron chi connectivity index (χ3n) is 3.33. The molecule has 3 rings (SSSR count). The van der Waals surface area contributed by atoms with Crippen LogP contribution in [-0.4, -0.2) is 20.7 Å². The van der Waals surface area contributed by atoms with Gasteiger partial charge in [-0.05, 0) is 12.1 Å². The zero-order valence-corrected chi connectivity index (χ0v) is 12.7. The van der Waals surface area contributed by atoms with Crippen LogP contribution in [0.25, 0.3) is 10.9 Å². The van der Waals surface area contributed by atoms with Crippen molar-refractivity contribution >= 4 is 40.0 Å². The van der Waals surface area contributed by atoms with Gasteiger partial charge in [-0.1, -0.05) is 41.4 Å². The molecule has 0 aliphatic carbocycles. The van der Waals surface area contributed by atoms with Crippen LogP contribution in [0.5, 0.6) is 0 Å². The number of amides is 1. The van der Waals surface area contributed by atoms with Crippen molar-refractivity contribution in [3.63, 3.8) is 0 Å². The van der Waals surface area contributed by atoms with Crippen LogP contribution in [0, 0.1) is 0 Å². The standard InChI is InChI=1S/C14H12Cl2N4O/c1-20-8(6-10(15)13(20)16)7-17-14(21)12-9-4-2-3-5-11(9)18-19-12/h2-6H,7H2,1H3,(H,17,21)(H,18,19). The number of nitrogens with zero attached hydrogens (tertiary/aromatic N) is 2. The van der Waals surface area contributed by atoms with E-state index in [1.807, 2.05) is 24.3 Å². The molecular formula is C14H12Cl2N4O. The van der Waals surface area contributed by atoms with Gasteiger partial charge in [0.25, 0.3) is 5.91 Å². The molecule has 0 bridgehead atoms. The van der Waals surface area contributed by atoms with Crippen molar-refractivity contribution in [1.29, 1.82) is 0 Å². The highest BCUT2D eigenvalue weighted by atomic mass is 35.5. The molecule has 0 spiro atoms. The molecule has 0 fully saturated rings. The lowest BCUT2D eigenvalue weighted by Crippen LogP contribution is -2.24. The first-order chi connectivity index (χ1) is 10.1. The van der Waals surface area contributed by atoms with Crippen LogP contribution in [0.4, 0.5) is 0 Å². The summed E-state index contributed by atoms with van der Waals surface area (Å²) in [7, 11) is 1.79. The minimum Gasteiger partial charge on any atom is -0.345 e. The molecule has 7 heteroatoms. The van der Waals surface area contributed by atoms with Crippen molar-refractivity contribution in [2.24, 2.45) is 7.05 Å². The molecule has 21 heavy (non-hydrogen) atoms. The number of carbonyl (C=O) groups is 1. The summed E-state index contributed by atoms with van der Waals surface area (Å²) in [6.07, 6.45) is 0. The Labute approximate surface area is 130 Å². The molecule has 0 aliphatic rings.